The minimum Gasteiger partial charge on any atom is -0.286 e. The number of benzene rings is 1. The zero-order valence-electron chi connectivity index (χ0n) is 13.8. The van der Waals surface area contributed by atoms with Gasteiger partial charge < -0.3 is 0 Å². The lowest BCUT2D eigenvalue weighted by molar-refractivity contribution is -0.160. The molecule has 1 atom stereocenters. The molecule has 3 rings (SSSR count). The number of alkyl halides is 3. The number of hydroxylamine groups is 2. The maximum atomic E-state index is 12.9. The highest BCUT2D eigenvalue weighted by molar-refractivity contribution is 7.89. The molecule has 1 saturated carbocycles. The summed E-state index contributed by atoms with van der Waals surface area (Å²) in [6, 6.07) is 2.54. The third-order valence-corrected chi connectivity index (χ3v) is 6.76. The normalized spacial score (nSPS) is 19.7. The highest BCUT2D eigenvalue weighted by Gasteiger charge is 2.40. The summed E-state index contributed by atoms with van der Waals surface area (Å²) in [5, 5.41) is 10.0. The first-order valence-electron chi connectivity index (χ1n) is 8.21. The van der Waals surface area contributed by atoms with E-state index < -0.39 is 33.6 Å². The van der Waals surface area contributed by atoms with Gasteiger partial charge in [-0.05, 0) is 48.4 Å². The van der Waals surface area contributed by atoms with Gasteiger partial charge in [-0.15, -0.1) is 0 Å². The summed E-state index contributed by atoms with van der Waals surface area (Å²) in [5.41, 5.74) is 0.211. The van der Waals surface area contributed by atoms with Gasteiger partial charge in [-0.1, -0.05) is 6.07 Å². The second kappa shape index (κ2) is 6.82. The molecule has 144 valence electrons. The number of hydrogen-bond donors (Lipinski definition) is 1. The topological polar surface area (TPSA) is 77.9 Å². The highest BCUT2D eigenvalue weighted by Crippen LogP contribution is 2.36. The molecular weight excluding hydrogens is 373 g/mol. The average molecular weight is 392 g/mol. The van der Waals surface area contributed by atoms with Crippen LogP contribution < -0.4 is 0 Å². The number of carbonyl (C=O) groups is 1. The van der Waals surface area contributed by atoms with Gasteiger partial charge in [-0.2, -0.15) is 17.5 Å². The van der Waals surface area contributed by atoms with E-state index >= 15 is 0 Å². The molecule has 1 heterocycles. The first-order valence-corrected chi connectivity index (χ1v) is 9.82. The van der Waals surface area contributed by atoms with E-state index in [0.29, 0.717) is 22.6 Å². The quantitative estimate of drug-likeness (QED) is 0.457. The number of hydrogen-bond acceptors (Lipinski definition) is 4. The molecule has 10 heteroatoms. The fourth-order valence-electron chi connectivity index (χ4n) is 3.25. The van der Waals surface area contributed by atoms with Gasteiger partial charge in [0, 0.05) is 13.1 Å². The van der Waals surface area contributed by atoms with Crippen molar-refractivity contribution in [2.24, 2.45) is 5.92 Å². The third kappa shape index (κ3) is 4.02. The molecule has 1 N–H and O–H groups in total. The van der Waals surface area contributed by atoms with Gasteiger partial charge in [0.2, 0.25) is 16.4 Å². The van der Waals surface area contributed by atoms with E-state index in [9.17, 15) is 31.6 Å². The van der Waals surface area contributed by atoms with Crippen LogP contribution in [0.1, 0.15) is 29.5 Å². The summed E-state index contributed by atoms with van der Waals surface area (Å²) in [5.74, 6) is -0.518. The number of fused-ring (bicyclic) bond motifs is 1. The summed E-state index contributed by atoms with van der Waals surface area (Å²) >= 11 is 0. The van der Waals surface area contributed by atoms with Crippen LogP contribution in [0.15, 0.2) is 18.2 Å². The molecule has 0 spiro atoms. The maximum Gasteiger partial charge on any atom is 0.416 e. The van der Waals surface area contributed by atoms with Crippen LogP contribution in [0.3, 0.4) is 0 Å². The minimum atomic E-state index is -4.49. The summed E-state index contributed by atoms with van der Waals surface area (Å²) in [7, 11) is -3.84. The first kappa shape index (κ1) is 19.1. The Labute approximate surface area is 149 Å². The summed E-state index contributed by atoms with van der Waals surface area (Å²) in [6.45, 7) is 0.0100. The van der Waals surface area contributed by atoms with Crippen molar-refractivity contribution in [1.29, 1.82) is 0 Å². The van der Waals surface area contributed by atoms with Crippen LogP contribution in [0.4, 0.5) is 13.2 Å². The highest BCUT2D eigenvalue weighted by atomic mass is 32.2. The molecule has 1 fully saturated rings. The van der Waals surface area contributed by atoms with E-state index in [0.717, 1.165) is 29.3 Å². The van der Waals surface area contributed by atoms with Gasteiger partial charge in [0.05, 0.1) is 17.4 Å². The lowest BCUT2D eigenvalue weighted by Crippen LogP contribution is -2.45. The molecule has 1 unspecified atom stereocenters. The predicted octanol–water partition coefficient (Wildman–Crippen LogP) is 2.02. The van der Waals surface area contributed by atoms with Crippen LogP contribution in [0.25, 0.3) is 0 Å². The van der Waals surface area contributed by atoms with Crippen molar-refractivity contribution in [2.45, 2.75) is 38.0 Å². The number of rotatable bonds is 6. The fourth-order valence-corrected chi connectivity index (χ4v) is 5.03. The van der Waals surface area contributed by atoms with E-state index in [1.807, 2.05) is 0 Å². The minimum absolute atomic E-state index is 0.0751. The smallest absolute Gasteiger partial charge is 0.286 e. The molecule has 26 heavy (non-hydrogen) atoms. The van der Waals surface area contributed by atoms with Crippen molar-refractivity contribution in [3.05, 3.63) is 34.9 Å². The Bertz CT molecular complexity index is 793. The molecular formula is C16H19F3N2O4S. The van der Waals surface area contributed by atoms with Gasteiger partial charge in [-0.3, -0.25) is 10.0 Å². The maximum absolute atomic E-state index is 12.9. The number of carbonyl (C=O) groups excluding carboxylic acids is 1. The van der Waals surface area contributed by atoms with E-state index in [4.69, 9.17) is 0 Å². The summed E-state index contributed by atoms with van der Waals surface area (Å²) in [6.07, 6.45) is -2.54. The van der Waals surface area contributed by atoms with Crippen LogP contribution in [0, 0.1) is 5.92 Å². The zero-order chi connectivity index (χ0) is 19.1. The summed E-state index contributed by atoms with van der Waals surface area (Å²) in [4.78, 5) is 10.8. The molecule has 6 nitrogen and oxygen atoms in total. The molecule has 1 aliphatic heterocycles. The molecule has 1 amide bonds. The Morgan fingerprint density at radius 3 is 2.58 bits per heavy atom. The predicted molar refractivity (Wildman–Crippen MR) is 85.5 cm³/mol. The van der Waals surface area contributed by atoms with E-state index in [1.54, 1.807) is 0 Å². The van der Waals surface area contributed by atoms with Crippen molar-refractivity contribution < 1.29 is 31.6 Å². The van der Waals surface area contributed by atoms with Crippen molar-refractivity contribution in [1.82, 2.24) is 9.37 Å². The molecule has 0 aromatic heterocycles. The Hall–Kier alpha value is -1.65. The molecule has 1 aromatic rings. The fraction of sp³-hybridized carbons (Fsp3) is 0.562. The van der Waals surface area contributed by atoms with Crippen molar-refractivity contribution in [3.63, 3.8) is 0 Å². The van der Waals surface area contributed by atoms with E-state index in [2.05, 4.69) is 0 Å². The SMILES string of the molecule is O=CN(O)C(CS(=O)(=O)N1CCc2ccc(C(F)(F)F)cc2C1)C1CC1. The Morgan fingerprint density at radius 1 is 1.31 bits per heavy atom. The van der Waals surface area contributed by atoms with Crippen LogP contribution >= 0.6 is 0 Å². The number of nitrogens with zero attached hydrogens (tertiary/aromatic N) is 2. The standard InChI is InChI=1S/C16H19F3N2O4S/c17-16(18,19)14-4-3-11-5-6-20(8-13(11)7-14)26(24,25)9-15(12-1-2-12)21(23)10-22/h3-4,7,10,12,15,23H,1-2,5-6,8-9H2. The van der Waals surface area contributed by atoms with Gasteiger partial charge in [0.1, 0.15) is 0 Å². The van der Waals surface area contributed by atoms with Crippen molar-refractivity contribution in [3.8, 4) is 0 Å². The van der Waals surface area contributed by atoms with Crippen LogP contribution in [0.2, 0.25) is 0 Å². The molecule has 0 radical (unpaired) electrons. The molecule has 2 aliphatic rings. The van der Waals surface area contributed by atoms with Crippen LogP contribution in [0.5, 0.6) is 0 Å². The molecule has 0 bridgehead atoms. The van der Waals surface area contributed by atoms with Crippen molar-refractivity contribution >= 4 is 16.4 Å². The second-order valence-corrected chi connectivity index (χ2v) is 8.75. The first-order chi connectivity index (χ1) is 12.1. The van der Waals surface area contributed by atoms with Gasteiger partial charge in [0.25, 0.3) is 0 Å². The van der Waals surface area contributed by atoms with Gasteiger partial charge in [-0.25, -0.2) is 13.5 Å². The monoisotopic (exact) mass is 392 g/mol. The van der Waals surface area contributed by atoms with E-state index in [-0.39, 0.29) is 25.4 Å². The molecule has 0 saturated heterocycles. The molecule has 1 aliphatic carbocycles. The van der Waals surface area contributed by atoms with Crippen LogP contribution in [-0.2, 0) is 34.0 Å². The Balaban J connectivity index is 1.79. The van der Waals surface area contributed by atoms with Crippen LogP contribution in [-0.4, -0.2) is 47.7 Å². The number of amides is 1. The van der Waals surface area contributed by atoms with E-state index in [1.165, 1.54) is 6.07 Å². The third-order valence-electron chi connectivity index (χ3n) is 4.90. The Kier molecular flexibility index (Phi) is 5.02. The van der Waals surface area contributed by atoms with Gasteiger partial charge >= 0.3 is 6.18 Å². The lowest BCUT2D eigenvalue weighted by Gasteiger charge is -2.31. The van der Waals surface area contributed by atoms with Gasteiger partial charge in [0.15, 0.2) is 0 Å². The number of sulfonamides is 1. The Morgan fingerprint density at radius 2 is 2.00 bits per heavy atom. The zero-order valence-corrected chi connectivity index (χ0v) is 14.6. The largest absolute Gasteiger partial charge is 0.416 e. The average Bonchev–Trinajstić information content (AvgIpc) is 3.42. The number of halogens is 3. The van der Waals surface area contributed by atoms with Crippen molar-refractivity contribution in [2.75, 3.05) is 12.3 Å². The summed E-state index contributed by atoms with van der Waals surface area (Å²) < 4.78 is 65.2. The molecule has 1 aromatic carbocycles. The second-order valence-electron chi connectivity index (χ2n) is 6.73. The lowest BCUT2D eigenvalue weighted by atomic mass is 9.98.